The fraction of sp³-hybridized carbons (Fsp3) is 0.250. The third-order valence-corrected chi connectivity index (χ3v) is 2.71. The standard InChI is InChI=1S/C12H15N3/c1-3-9-6-10(5-4-8(9)2)11-7-14-15-12(11)13/h4-7H,3H2,1-2H3,(H3,13,14,15). The molecular weight excluding hydrogens is 186 g/mol. The molecule has 0 atom stereocenters. The SMILES string of the molecule is CCc1cc(-c2cn[nH]c2N)ccc1C. The first-order valence-corrected chi connectivity index (χ1v) is 5.11. The Kier molecular flexibility index (Phi) is 2.46. The summed E-state index contributed by atoms with van der Waals surface area (Å²) in [5.74, 6) is 0.626. The van der Waals surface area contributed by atoms with Gasteiger partial charge in [-0.2, -0.15) is 5.10 Å². The van der Waals surface area contributed by atoms with E-state index in [1.54, 1.807) is 6.20 Å². The maximum Gasteiger partial charge on any atom is 0.126 e. The molecule has 0 bridgehead atoms. The minimum Gasteiger partial charge on any atom is -0.384 e. The highest BCUT2D eigenvalue weighted by Crippen LogP contribution is 2.25. The molecule has 0 aliphatic rings. The number of nitrogens with one attached hydrogen (secondary N) is 1. The molecule has 0 saturated heterocycles. The smallest absolute Gasteiger partial charge is 0.126 e. The van der Waals surface area contributed by atoms with Crippen LogP contribution in [0.2, 0.25) is 0 Å². The Labute approximate surface area is 89.3 Å². The van der Waals surface area contributed by atoms with Crippen molar-refractivity contribution in [1.82, 2.24) is 10.2 Å². The second kappa shape index (κ2) is 3.77. The molecule has 0 unspecified atom stereocenters. The van der Waals surface area contributed by atoms with Gasteiger partial charge in [0.15, 0.2) is 0 Å². The maximum atomic E-state index is 5.78. The van der Waals surface area contributed by atoms with Crippen molar-refractivity contribution in [3.8, 4) is 11.1 Å². The second-order valence-corrected chi connectivity index (χ2v) is 3.69. The van der Waals surface area contributed by atoms with Gasteiger partial charge in [0, 0.05) is 5.56 Å². The Balaban J connectivity index is 2.51. The predicted octanol–water partition coefficient (Wildman–Crippen LogP) is 2.53. The number of rotatable bonds is 2. The van der Waals surface area contributed by atoms with Crippen LogP contribution in [0.4, 0.5) is 5.82 Å². The zero-order valence-electron chi connectivity index (χ0n) is 9.04. The molecule has 78 valence electrons. The number of H-pyrrole nitrogens is 1. The predicted molar refractivity (Wildman–Crippen MR) is 62.6 cm³/mol. The molecule has 3 N–H and O–H groups in total. The lowest BCUT2D eigenvalue weighted by molar-refractivity contribution is 1.10. The highest BCUT2D eigenvalue weighted by molar-refractivity contribution is 5.73. The lowest BCUT2D eigenvalue weighted by Crippen LogP contribution is -1.90. The van der Waals surface area contributed by atoms with Crippen LogP contribution >= 0.6 is 0 Å². The van der Waals surface area contributed by atoms with Crippen LogP contribution in [0, 0.1) is 6.92 Å². The zero-order chi connectivity index (χ0) is 10.8. The van der Waals surface area contributed by atoms with Crippen LogP contribution in [0.1, 0.15) is 18.1 Å². The van der Waals surface area contributed by atoms with Crippen molar-refractivity contribution >= 4 is 5.82 Å². The molecule has 1 heterocycles. The molecule has 1 aromatic carbocycles. The Morgan fingerprint density at radius 1 is 1.40 bits per heavy atom. The number of benzene rings is 1. The average molecular weight is 201 g/mol. The minimum absolute atomic E-state index is 0.626. The quantitative estimate of drug-likeness (QED) is 0.784. The van der Waals surface area contributed by atoms with E-state index in [2.05, 4.69) is 42.2 Å². The van der Waals surface area contributed by atoms with E-state index in [1.807, 2.05) is 0 Å². The number of aromatic amines is 1. The van der Waals surface area contributed by atoms with Crippen molar-refractivity contribution in [3.63, 3.8) is 0 Å². The molecule has 15 heavy (non-hydrogen) atoms. The van der Waals surface area contributed by atoms with E-state index in [9.17, 15) is 0 Å². The molecular formula is C12H15N3. The summed E-state index contributed by atoms with van der Waals surface area (Å²) >= 11 is 0. The van der Waals surface area contributed by atoms with E-state index in [1.165, 1.54) is 11.1 Å². The van der Waals surface area contributed by atoms with Gasteiger partial charge in [0.25, 0.3) is 0 Å². The summed E-state index contributed by atoms with van der Waals surface area (Å²) in [6.07, 6.45) is 2.80. The molecule has 0 aliphatic heterocycles. The summed E-state index contributed by atoms with van der Waals surface area (Å²) in [7, 11) is 0. The first-order chi connectivity index (χ1) is 7.22. The van der Waals surface area contributed by atoms with Crippen LogP contribution in [0.5, 0.6) is 0 Å². The number of hydrogen-bond acceptors (Lipinski definition) is 2. The van der Waals surface area contributed by atoms with E-state index in [-0.39, 0.29) is 0 Å². The second-order valence-electron chi connectivity index (χ2n) is 3.69. The molecule has 1 aromatic heterocycles. The Morgan fingerprint density at radius 2 is 2.20 bits per heavy atom. The molecule has 0 fully saturated rings. The van der Waals surface area contributed by atoms with Crippen LogP contribution in [0.3, 0.4) is 0 Å². The number of nitrogens with two attached hydrogens (primary N) is 1. The fourth-order valence-electron chi connectivity index (χ4n) is 1.75. The lowest BCUT2D eigenvalue weighted by atomic mass is 10.00. The van der Waals surface area contributed by atoms with Gasteiger partial charge >= 0.3 is 0 Å². The van der Waals surface area contributed by atoms with E-state index >= 15 is 0 Å². The van der Waals surface area contributed by atoms with Gasteiger partial charge in [0.05, 0.1) is 6.20 Å². The summed E-state index contributed by atoms with van der Waals surface area (Å²) in [6.45, 7) is 4.28. The van der Waals surface area contributed by atoms with Crippen molar-refractivity contribution in [2.45, 2.75) is 20.3 Å². The van der Waals surface area contributed by atoms with E-state index in [4.69, 9.17) is 5.73 Å². The molecule has 2 aromatic rings. The number of nitrogens with zero attached hydrogens (tertiary/aromatic N) is 1. The fourth-order valence-corrected chi connectivity index (χ4v) is 1.75. The minimum atomic E-state index is 0.626. The summed E-state index contributed by atoms with van der Waals surface area (Å²) in [5, 5.41) is 6.67. The van der Waals surface area contributed by atoms with E-state index in [0.29, 0.717) is 5.82 Å². The van der Waals surface area contributed by atoms with E-state index in [0.717, 1.165) is 17.5 Å². The third-order valence-electron chi connectivity index (χ3n) is 2.71. The highest BCUT2D eigenvalue weighted by atomic mass is 15.1. The van der Waals surface area contributed by atoms with Crippen molar-refractivity contribution in [2.24, 2.45) is 0 Å². The van der Waals surface area contributed by atoms with Gasteiger partial charge in [-0.1, -0.05) is 25.1 Å². The number of aryl methyl sites for hydroxylation is 2. The monoisotopic (exact) mass is 201 g/mol. The third kappa shape index (κ3) is 1.73. The van der Waals surface area contributed by atoms with Gasteiger partial charge < -0.3 is 5.73 Å². The number of nitrogen functional groups attached to an aromatic ring is 1. The molecule has 0 amide bonds. The summed E-state index contributed by atoms with van der Waals surface area (Å²) < 4.78 is 0. The van der Waals surface area contributed by atoms with Crippen molar-refractivity contribution < 1.29 is 0 Å². The average Bonchev–Trinajstić information content (AvgIpc) is 2.65. The van der Waals surface area contributed by atoms with Crippen LogP contribution < -0.4 is 5.73 Å². The first kappa shape index (κ1) is 9.77. The van der Waals surface area contributed by atoms with Crippen molar-refractivity contribution in [1.29, 1.82) is 0 Å². The van der Waals surface area contributed by atoms with Crippen LogP contribution in [0.15, 0.2) is 24.4 Å². The Morgan fingerprint density at radius 3 is 2.80 bits per heavy atom. The van der Waals surface area contributed by atoms with Crippen molar-refractivity contribution in [2.75, 3.05) is 5.73 Å². The van der Waals surface area contributed by atoms with Gasteiger partial charge in [-0.15, -0.1) is 0 Å². The highest BCUT2D eigenvalue weighted by Gasteiger charge is 2.05. The Bertz CT molecular complexity index is 471. The maximum absolute atomic E-state index is 5.78. The largest absolute Gasteiger partial charge is 0.384 e. The van der Waals surface area contributed by atoms with Crippen LogP contribution in [-0.4, -0.2) is 10.2 Å². The van der Waals surface area contributed by atoms with Gasteiger partial charge in [-0.05, 0) is 30.0 Å². The summed E-state index contributed by atoms with van der Waals surface area (Å²) in [6, 6.07) is 6.38. The molecule has 2 rings (SSSR count). The Hall–Kier alpha value is -1.77. The van der Waals surface area contributed by atoms with Crippen LogP contribution in [0.25, 0.3) is 11.1 Å². The zero-order valence-corrected chi connectivity index (χ0v) is 9.04. The molecule has 0 radical (unpaired) electrons. The summed E-state index contributed by atoms with van der Waals surface area (Å²) in [5.41, 5.74) is 10.6. The molecule has 0 saturated carbocycles. The van der Waals surface area contributed by atoms with E-state index < -0.39 is 0 Å². The van der Waals surface area contributed by atoms with Crippen molar-refractivity contribution in [3.05, 3.63) is 35.5 Å². The molecule has 3 heteroatoms. The number of hydrogen-bond donors (Lipinski definition) is 2. The van der Waals surface area contributed by atoms with Gasteiger partial charge in [-0.25, -0.2) is 0 Å². The molecule has 0 aliphatic carbocycles. The number of anilines is 1. The number of aromatic nitrogens is 2. The van der Waals surface area contributed by atoms with Gasteiger partial charge in [-0.3, -0.25) is 5.10 Å². The normalized spacial score (nSPS) is 10.5. The first-order valence-electron chi connectivity index (χ1n) is 5.11. The van der Waals surface area contributed by atoms with Crippen LogP contribution in [-0.2, 0) is 6.42 Å². The van der Waals surface area contributed by atoms with Gasteiger partial charge in [0.2, 0.25) is 0 Å². The molecule has 3 nitrogen and oxygen atoms in total. The summed E-state index contributed by atoms with van der Waals surface area (Å²) in [4.78, 5) is 0. The van der Waals surface area contributed by atoms with Gasteiger partial charge in [0.1, 0.15) is 5.82 Å². The molecule has 0 spiro atoms. The topological polar surface area (TPSA) is 54.7 Å². The lowest BCUT2D eigenvalue weighted by Gasteiger charge is -2.06.